The van der Waals surface area contributed by atoms with E-state index in [9.17, 15) is 0 Å². The molecule has 118 valence electrons. The Bertz CT molecular complexity index is 625. The Labute approximate surface area is 136 Å². The number of hydrogen-bond donors (Lipinski definition) is 1. The summed E-state index contributed by atoms with van der Waals surface area (Å²) in [7, 11) is 0. The van der Waals surface area contributed by atoms with E-state index in [2.05, 4.69) is 23.8 Å². The Morgan fingerprint density at radius 2 is 1.82 bits per heavy atom. The zero-order chi connectivity index (χ0) is 15.7. The van der Waals surface area contributed by atoms with Gasteiger partial charge in [-0.05, 0) is 43.0 Å². The highest BCUT2D eigenvalue weighted by Gasteiger charge is 2.23. The van der Waals surface area contributed by atoms with Crippen molar-refractivity contribution in [1.82, 2.24) is 9.78 Å². The van der Waals surface area contributed by atoms with Gasteiger partial charge < -0.3 is 10.6 Å². The van der Waals surface area contributed by atoms with Gasteiger partial charge in [-0.15, -0.1) is 0 Å². The molecule has 2 N–H and O–H groups in total. The topological polar surface area (TPSA) is 47.1 Å². The van der Waals surface area contributed by atoms with Crippen molar-refractivity contribution in [2.24, 2.45) is 5.73 Å². The van der Waals surface area contributed by atoms with Crippen LogP contribution in [0, 0.1) is 0 Å². The second kappa shape index (κ2) is 6.31. The maximum atomic E-state index is 6.02. The number of aromatic nitrogens is 2. The zero-order valence-corrected chi connectivity index (χ0v) is 13.9. The number of nitrogens with zero attached hydrogens (tertiary/aromatic N) is 3. The first-order valence-corrected chi connectivity index (χ1v) is 8.28. The molecule has 1 aliphatic rings. The molecule has 1 saturated heterocycles. The van der Waals surface area contributed by atoms with Crippen LogP contribution in [0.3, 0.4) is 0 Å². The molecular formula is C17H23ClN4. The molecule has 0 amide bonds. The van der Waals surface area contributed by atoms with Crippen LogP contribution in [0.15, 0.2) is 30.5 Å². The fraction of sp³-hybridized carbons (Fsp3) is 0.471. The van der Waals surface area contributed by atoms with Crippen LogP contribution in [0.4, 0.5) is 5.69 Å². The van der Waals surface area contributed by atoms with Crippen LogP contribution in [-0.2, 0) is 0 Å². The standard InChI is InChI=1S/C17H23ClN4/c1-12(2)17-16(21-9-7-14(19)8-10-21)11-20-22(17)15-5-3-13(18)4-6-15/h3-6,11-12,14H,7-10,19H2,1-2H3. The SMILES string of the molecule is CC(C)c1c(N2CCC(N)CC2)cnn1-c1ccc(Cl)cc1. The molecule has 0 aliphatic carbocycles. The van der Waals surface area contributed by atoms with Crippen molar-refractivity contribution in [3.05, 3.63) is 41.2 Å². The summed E-state index contributed by atoms with van der Waals surface area (Å²) >= 11 is 5.99. The lowest BCUT2D eigenvalue weighted by Crippen LogP contribution is -2.40. The minimum Gasteiger partial charge on any atom is -0.369 e. The molecule has 0 spiro atoms. The van der Waals surface area contributed by atoms with Gasteiger partial charge in [0.25, 0.3) is 0 Å². The van der Waals surface area contributed by atoms with Crippen LogP contribution in [-0.4, -0.2) is 28.9 Å². The Hall–Kier alpha value is -1.52. The maximum Gasteiger partial charge on any atom is 0.0792 e. The first kappa shape index (κ1) is 15.4. The van der Waals surface area contributed by atoms with Gasteiger partial charge in [-0.2, -0.15) is 5.10 Å². The minimum atomic E-state index is 0.338. The van der Waals surface area contributed by atoms with Crippen LogP contribution in [0.5, 0.6) is 0 Å². The van der Waals surface area contributed by atoms with Gasteiger partial charge in [-0.3, -0.25) is 0 Å². The number of benzene rings is 1. The average molecular weight is 319 g/mol. The monoisotopic (exact) mass is 318 g/mol. The lowest BCUT2D eigenvalue weighted by molar-refractivity contribution is 0.499. The smallest absolute Gasteiger partial charge is 0.0792 e. The van der Waals surface area contributed by atoms with Crippen LogP contribution in [0.25, 0.3) is 5.69 Å². The fourth-order valence-corrected chi connectivity index (χ4v) is 3.19. The van der Waals surface area contributed by atoms with Gasteiger partial charge in [0.15, 0.2) is 0 Å². The molecule has 5 heteroatoms. The second-order valence-electron chi connectivity index (χ2n) is 6.28. The first-order chi connectivity index (χ1) is 10.6. The third-order valence-corrected chi connectivity index (χ3v) is 4.54. The summed E-state index contributed by atoms with van der Waals surface area (Å²) < 4.78 is 2.03. The molecule has 0 unspecified atom stereocenters. The zero-order valence-electron chi connectivity index (χ0n) is 13.2. The van der Waals surface area contributed by atoms with E-state index in [1.807, 2.05) is 35.1 Å². The molecule has 3 rings (SSSR count). The average Bonchev–Trinajstić information content (AvgIpc) is 2.94. The molecule has 22 heavy (non-hydrogen) atoms. The summed E-state index contributed by atoms with van der Waals surface area (Å²) in [5, 5.41) is 5.38. The van der Waals surface area contributed by atoms with Crippen molar-refractivity contribution >= 4 is 17.3 Å². The number of anilines is 1. The van der Waals surface area contributed by atoms with Crippen molar-refractivity contribution in [3.8, 4) is 5.69 Å². The Balaban J connectivity index is 1.97. The third-order valence-electron chi connectivity index (χ3n) is 4.28. The lowest BCUT2D eigenvalue weighted by Gasteiger charge is -2.32. The Morgan fingerprint density at radius 3 is 2.41 bits per heavy atom. The summed E-state index contributed by atoms with van der Waals surface area (Å²) in [5.74, 6) is 0.392. The fourth-order valence-electron chi connectivity index (χ4n) is 3.06. The molecule has 4 nitrogen and oxygen atoms in total. The van der Waals surface area contributed by atoms with E-state index in [-0.39, 0.29) is 0 Å². The van der Waals surface area contributed by atoms with Crippen LogP contribution in [0.2, 0.25) is 5.02 Å². The van der Waals surface area contributed by atoms with Crippen LogP contribution in [0.1, 0.15) is 38.3 Å². The number of rotatable bonds is 3. The van der Waals surface area contributed by atoms with Crippen LogP contribution < -0.4 is 10.6 Å². The largest absolute Gasteiger partial charge is 0.369 e. The normalized spacial score (nSPS) is 16.5. The molecule has 2 heterocycles. The Kier molecular flexibility index (Phi) is 4.41. The van der Waals surface area contributed by atoms with E-state index in [4.69, 9.17) is 17.3 Å². The molecule has 0 radical (unpaired) electrons. The maximum absolute atomic E-state index is 6.02. The predicted molar refractivity (Wildman–Crippen MR) is 92.1 cm³/mol. The quantitative estimate of drug-likeness (QED) is 0.941. The van der Waals surface area contributed by atoms with Crippen molar-refractivity contribution in [3.63, 3.8) is 0 Å². The van der Waals surface area contributed by atoms with Gasteiger partial charge in [0, 0.05) is 24.2 Å². The van der Waals surface area contributed by atoms with E-state index in [1.54, 1.807) is 0 Å². The molecule has 1 aromatic carbocycles. The van der Waals surface area contributed by atoms with Gasteiger partial charge in [0.1, 0.15) is 0 Å². The van der Waals surface area contributed by atoms with Crippen LogP contribution >= 0.6 is 11.6 Å². The van der Waals surface area contributed by atoms with Gasteiger partial charge in [0.2, 0.25) is 0 Å². The van der Waals surface area contributed by atoms with E-state index in [1.165, 1.54) is 11.4 Å². The van der Waals surface area contributed by atoms with Gasteiger partial charge in [-0.25, -0.2) is 4.68 Å². The predicted octanol–water partition coefficient (Wildman–Crippen LogP) is 3.58. The summed E-state index contributed by atoms with van der Waals surface area (Å²) in [6, 6.07) is 8.17. The highest BCUT2D eigenvalue weighted by Crippen LogP contribution is 2.31. The number of piperidine rings is 1. The molecular weight excluding hydrogens is 296 g/mol. The molecule has 1 aliphatic heterocycles. The molecule has 0 bridgehead atoms. The molecule has 0 saturated carbocycles. The number of hydrogen-bond acceptors (Lipinski definition) is 3. The number of nitrogens with two attached hydrogens (primary N) is 1. The van der Waals surface area contributed by atoms with Gasteiger partial charge in [-0.1, -0.05) is 25.4 Å². The van der Waals surface area contributed by atoms with Crippen molar-refractivity contribution in [2.45, 2.75) is 38.6 Å². The summed E-state index contributed by atoms with van der Waals surface area (Å²) in [6.45, 7) is 6.44. The van der Waals surface area contributed by atoms with E-state index in [0.717, 1.165) is 36.6 Å². The molecule has 1 fully saturated rings. The molecule has 2 aromatic rings. The van der Waals surface area contributed by atoms with E-state index in [0.29, 0.717) is 12.0 Å². The summed E-state index contributed by atoms with van der Waals surface area (Å²) in [5.41, 5.74) is 9.55. The summed E-state index contributed by atoms with van der Waals surface area (Å²) in [4.78, 5) is 2.41. The van der Waals surface area contributed by atoms with E-state index < -0.39 is 0 Å². The highest BCUT2D eigenvalue weighted by molar-refractivity contribution is 6.30. The van der Waals surface area contributed by atoms with Crippen molar-refractivity contribution in [2.75, 3.05) is 18.0 Å². The second-order valence-corrected chi connectivity index (χ2v) is 6.72. The highest BCUT2D eigenvalue weighted by atomic mass is 35.5. The molecule has 1 aromatic heterocycles. The van der Waals surface area contributed by atoms with Crippen molar-refractivity contribution < 1.29 is 0 Å². The third kappa shape index (κ3) is 2.99. The first-order valence-electron chi connectivity index (χ1n) is 7.90. The van der Waals surface area contributed by atoms with Crippen molar-refractivity contribution in [1.29, 1.82) is 0 Å². The Morgan fingerprint density at radius 1 is 1.18 bits per heavy atom. The summed E-state index contributed by atoms with van der Waals surface area (Å²) in [6.07, 6.45) is 4.08. The van der Waals surface area contributed by atoms with Gasteiger partial charge >= 0.3 is 0 Å². The van der Waals surface area contributed by atoms with Gasteiger partial charge in [0.05, 0.1) is 23.3 Å². The molecule has 0 atom stereocenters. The lowest BCUT2D eigenvalue weighted by atomic mass is 10.0. The van der Waals surface area contributed by atoms with E-state index >= 15 is 0 Å². The number of halogens is 1. The minimum absolute atomic E-state index is 0.338.